The maximum Gasteiger partial charge on any atom is 0.335 e. The highest BCUT2D eigenvalue weighted by Gasteiger charge is 2.33. The second-order valence-electron chi connectivity index (χ2n) is 5.68. The second kappa shape index (κ2) is 6.90. The number of nitrogens with zero attached hydrogens (tertiary/aromatic N) is 3. The molecule has 0 saturated carbocycles. The molecule has 0 atom stereocenters. The molecule has 8 heteroatoms. The number of aromatic nitrogens is 2. The molecule has 0 unspecified atom stereocenters. The molecule has 2 heterocycles. The average Bonchev–Trinajstić information content (AvgIpc) is 2.95. The molecule has 0 bridgehead atoms. The number of aromatic carboxylic acids is 1. The third-order valence-corrected chi connectivity index (χ3v) is 5.24. The van der Waals surface area contributed by atoms with E-state index in [0.29, 0.717) is 14.9 Å². The molecule has 0 aliphatic carbocycles. The Balaban J connectivity index is 1.68. The van der Waals surface area contributed by atoms with Crippen LogP contribution in [0, 0.1) is 0 Å². The van der Waals surface area contributed by atoms with Crippen LogP contribution in [0.5, 0.6) is 0 Å². The fourth-order valence-corrected chi connectivity index (χ4v) is 3.99. The number of thiocarbonyl (C=S) groups is 1. The third kappa shape index (κ3) is 3.32. The van der Waals surface area contributed by atoms with Gasteiger partial charge >= 0.3 is 5.97 Å². The van der Waals surface area contributed by atoms with Gasteiger partial charge in [0.25, 0.3) is 5.91 Å². The minimum Gasteiger partial charge on any atom is -0.478 e. The van der Waals surface area contributed by atoms with Crippen LogP contribution in [-0.2, 0) is 4.79 Å². The van der Waals surface area contributed by atoms with Gasteiger partial charge < -0.3 is 5.11 Å². The lowest BCUT2D eigenvalue weighted by Crippen LogP contribution is -2.27. The van der Waals surface area contributed by atoms with E-state index in [1.165, 1.54) is 28.8 Å². The zero-order chi connectivity index (χ0) is 19.0. The highest BCUT2D eigenvalue weighted by Crippen LogP contribution is 2.36. The fraction of sp³-hybridized carbons (Fsp3) is 0. The largest absolute Gasteiger partial charge is 0.478 e. The number of carboxylic acid groups (broad SMARTS) is 1. The van der Waals surface area contributed by atoms with Crippen LogP contribution in [-0.4, -0.2) is 31.3 Å². The van der Waals surface area contributed by atoms with Crippen LogP contribution in [0.4, 0.5) is 5.69 Å². The highest BCUT2D eigenvalue weighted by molar-refractivity contribution is 8.27. The Morgan fingerprint density at radius 2 is 1.89 bits per heavy atom. The summed E-state index contributed by atoms with van der Waals surface area (Å²) >= 11 is 6.51. The van der Waals surface area contributed by atoms with E-state index in [1.807, 2.05) is 18.2 Å². The van der Waals surface area contributed by atoms with Crippen molar-refractivity contribution in [1.82, 2.24) is 9.97 Å². The first kappa shape index (κ1) is 17.3. The van der Waals surface area contributed by atoms with Crippen LogP contribution in [0.3, 0.4) is 0 Å². The summed E-state index contributed by atoms with van der Waals surface area (Å²) in [6.07, 6.45) is 4.98. The molecule has 1 aliphatic rings. The molecule has 3 aromatic rings. The van der Waals surface area contributed by atoms with E-state index in [4.69, 9.17) is 17.3 Å². The molecular weight excluding hydrogens is 382 g/mol. The topological polar surface area (TPSA) is 83.4 Å². The number of carbonyl (C=O) groups is 2. The zero-order valence-electron chi connectivity index (χ0n) is 13.7. The number of anilines is 1. The van der Waals surface area contributed by atoms with Gasteiger partial charge in [0.1, 0.15) is 0 Å². The van der Waals surface area contributed by atoms with E-state index in [0.717, 1.165) is 16.6 Å². The summed E-state index contributed by atoms with van der Waals surface area (Å²) in [6, 6.07) is 11.7. The number of amides is 1. The Hall–Kier alpha value is -3.10. The Labute approximate surface area is 163 Å². The summed E-state index contributed by atoms with van der Waals surface area (Å²) in [7, 11) is 0. The molecular formula is C19H11N3O3S2. The molecule has 2 aromatic carbocycles. The van der Waals surface area contributed by atoms with Gasteiger partial charge in [-0.25, -0.2) is 4.79 Å². The van der Waals surface area contributed by atoms with E-state index in [1.54, 1.807) is 30.6 Å². The number of rotatable bonds is 3. The van der Waals surface area contributed by atoms with Crippen molar-refractivity contribution in [2.24, 2.45) is 0 Å². The molecule has 6 nitrogen and oxygen atoms in total. The maximum atomic E-state index is 12.8. The van der Waals surface area contributed by atoms with Gasteiger partial charge in [-0.15, -0.1) is 0 Å². The normalized spacial score (nSPS) is 15.7. The predicted octanol–water partition coefficient (Wildman–Crippen LogP) is 3.73. The van der Waals surface area contributed by atoms with Crippen LogP contribution in [0.25, 0.3) is 17.1 Å². The zero-order valence-corrected chi connectivity index (χ0v) is 15.3. The SMILES string of the molecule is O=C(O)c1cccc(N2C(=O)C(=Cc3ccc4nccnc4c3)SC2=S)c1. The first-order chi connectivity index (χ1) is 13.0. The van der Waals surface area contributed by atoms with Gasteiger partial charge in [0.2, 0.25) is 0 Å². The smallest absolute Gasteiger partial charge is 0.335 e. The van der Waals surface area contributed by atoms with Crippen LogP contribution in [0.1, 0.15) is 15.9 Å². The minimum atomic E-state index is -1.06. The van der Waals surface area contributed by atoms with Crippen LogP contribution >= 0.6 is 24.0 Å². The van der Waals surface area contributed by atoms with E-state index >= 15 is 0 Å². The molecule has 1 aromatic heterocycles. The van der Waals surface area contributed by atoms with Crippen molar-refractivity contribution in [3.8, 4) is 0 Å². The van der Waals surface area contributed by atoms with Gasteiger partial charge in [0, 0.05) is 12.4 Å². The lowest BCUT2D eigenvalue weighted by Gasteiger charge is -2.14. The number of thioether (sulfide) groups is 1. The molecule has 27 heavy (non-hydrogen) atoms. The number of carboxylic acids is 1. The first-order valence-corrected chi connectivity index (χ1v) is 9.07. The predicted molar refractivity (Wildman–Crippen MR) is 109 cm³/mol. The van der Waals surface area contributed by atoms with Crippen molar-refractivity contribution in [2.45, 2.75) is 0 Å². The highest BCUT2D eigenvalue weighted by atomic mass is 32.2. The van der Waals surface area contributed by atoms with Gasteiger partial charge in [0.15, 0.2) is 4.32 Å². The molecule has 1 N–H and O–H groups in total. The van der Waals surface area contributed by atoms with Gasteiger partial charge in [0.05, 0.1) is 27.2 Å². The third-order valence-electron chi connectivity index (χ3n) is 3.94. The molecule has 1 fully saturated rings. The Kier molecular flexibility index (Phi) is 4.43. The Morgan fingerprint density at radius 1 is 1.11 bits per heavy atom. The van der Waals surface area contributed by atoms with Crippen molar-refractivity contribution in [2.75, 3.05) is 4.90 Å². The number of hydrogen-bond donors (Lipinski definition) is 1. The minimum absolute atomic E-state index is 0.0960. The van der Waals surface area contributed by atoms with E-state index in [-0.39, 0.29) is 11.5 Å². The lowest BCUT2D eigenvalue weighted by atomic mass is 10.1. The average molecular weight is 393 g/mol. The maximum absolute atomic E-state index is 12.8. The van der Waals surface area contributed by atoms with E-state index in [2.05, 4.69) is 9.97 Å². The van der Waals surface area contributed by atoms with Crippen molar-refractivity contribution in [3.05, 3.63) is 70.9 Å². The van der Waals surface area contributed by atoms with Crippen molar-refractivity contribution < 1.29 is 14.7 Å². The molecule has 1 amide bonds. The molecule has 132 valence electrons. The van der Waals surface area contributed by atoms with Crippen LogP contribution < -0.4 is 4.90 Å². The number of benzene rings is 2. The second-order valence-corrected chi connectivity index (χ2v) is 7.35. The van der Waals surface area contributed by atoms with Crippen molar-refractivity contribution in [1.29, 1.82) is 0 Å². The number of carbonyl (C=O) groups excluding carboxylic acids is 1. The van der Waals surface area contributed by atoms with Crippen molar-refractivity contribution in [3.63, 3.8) is 0 Å². The summed E-state index contributed by atoms with van der Waals surface area (Å²) in [5, 5.41) is 9.15. The molecule has 1 aliphatic heterocycles. The molecule has 0 spiro atoms. The first-order valence-electron chi connectivity index (χ1n) is 7.85. The quantitative estimate of drug-likeness (QED) is 0.536. The summed E-state index contributed by atoms with van der Waals surface area (Å²) < 4.78 is 0.356. The standard InChI is InChI=1S/C19H11N3O3S2/c23-17-16(9-11-4-5-14-15(8-11)21-7-6-20-14)27-19(26)22(17)13-3-1-2-12(10-13)18(24)25/h1-10H,(H,24,25). The van der Waals surface area contributed by atoms with Crippen molar-refractivity contribution >= 4 is 63.0 Å². The van der Waals surface area contributed by atoms with Gasteiger partial charge in [-0.1, -0.05) is 36.1 Å². The number of hydrogen-bond acceptors (Lipinski definition) is 6. The van der Waals surface area contributed by atoms with Gasteiger partial charge in [-0.05, 0) is 42.0 Å². The van der Waals surface area contributed by atoms with E-state index in [9.17, 15) is 9.59 Å². The number of fused-ring (bicyclic) bond motifs is 1. The Morgan fingerprint density at radius 3 is 2.67 bits per heavy atom. The monoisotopic (exact) mass is 393 g/mol. The molecule has 1 saturated heterocycles. The summed E-state index contributed by atoms with van der Waals surface area (Å²) in [5.74, 6) is -1.35. The van der Waals surface area contributed by atoms with Crippen LogP contribution in [0.15, 0.2) is 59.8 Å². The van der Waals surface area contributed by atoms with Gasteiger partial charge in [-0.2, -0.15) is 0 Å². The van der Waals surface area contributed by atoms with E-state index < -0.39 is 5.97 Å². The Bertz CT molecular complexity index is 1140. The lowest BCUT2D eigenvalue weighted by molar-refractivity contribution is -0.113. The summed E-state index contributed by atoms with van der Waals surface area (Å²) in [5.41, 5.74) is 2.84. The fourth-order valence-electron chi connectivity index (χ4n) is 2.69. The van der Waals surface area contributed by atoms with Gasteiger partial charge in [-0.3, -0.25) is 19.7 Å². The van der Waals surface area contributed by atoms with Crippen LogP contribution in [0.2, 0.25) is 0 Å². The summed E-state index contributed by atoms with van der Waals surface area (Å²) in [4.78, 5) is 34.3. The summed E-state index contributed by atoms with van der Waals surface area (Å²) in [6.45, 7) is 0. The molecule has 0 radical (unpaired) electrons. The molecule has 4 rings (SSSR count).